The second kappa shape index (κ2) is 9.83. The molecule has 4 aromatic carbocycles. The van der Waals surface area contributed by atoms with Gasteiger partial charge < -0.3 is 10.4 Å². The largest absolute Gasteiger partial charge is 0.505 e. The highest BCUT2D eigenvalue weighted by Gasteiger charge is 2.20. The van der Waals surface area contributed by atoms with Crippen LogP contribution in [0.3, 0.4) is 0 Å². The summed E-state index contributed by atoms with van der Waals surface area (Å²) in [4.78, 5) is 12.5. The number of carbonyl (C=O) groups excluding carboxylic acids is 1. The first-order valence-corrected chi connectivity index (χ1v) is 12.2. The number of aromatic hydroxyl groups is 1. The predicted molar refractivity (Wildman–Crippen MR) is 135 cm³/mol. The van der Waals surface area contributed by atoms with Gasteiger partial charge >= 0.3 is 0 Å². The molecular weight excluding hydrogens is 490 g/mol. The number of anilines is 1. The van der Waals surface area contributed by atoms with Gasteiger partial charge in [0, 0.05) is 16.1 Å². The van der Waals surface area contributed by atoms with Crippen LogP contribution in [0.5, 0.6) is 5.75 Å². The van der Waals surface area contributed by atoms with Gasteiger partial charge in [0.15, 0.2) is 11.5 Å². The van der Waals surface area contributed by atoms with Gasteiger partial charge in [-0.15, -0.1) is 10.2 Å². The molecule has 0 unspecified atom stereocenters. The molecule has 8 nitrogen and oxygen atoms in total. The fourth-order valence-corrected chi connectivity index (χ4v) is 4.35. The molecule has 4 aromatic rings. The van der Waals surface area contributed by atoms with Gasteiger partial charge in [0.1, 0.15) is 16.3 Å². The monoisotopic (exact) mass is 509 g/mol. The molecule has 0 aliphatic rings. The molecule has 0 saturated carbocycles. The number of carbonyl (C=O) groups is 1. The number of phenolic OH excluding ortho intramolecular Hbond substituents is 1. The minimum atomic E-state index is -4.62. The fraction of sp³-hybridized carbons (Fsp3) is 0.0800. The van der Waals surface area contributed by atoms with Gasteiger partial charge in [0.25, 0.3) is 10.1 Å². The van der Waals surface area contributed by atoms with Crippen molar-refractivity contribution in [3.8, 4) is 5.75 Å². The first-order chi connectivity index (χ1) is 16.6. The van der Waals surface area contributed by atoms with Gasteiger partial charge in [-0.2, -0.15) is 8.42 Å². The zero-order chi connectivity index (χ0) is 25.2. The quantitative estimate of drug-likeness (QED) is 0.149. The van der Waals surface area contributed by atoms with Crippen LogP contribution in [-0.4, -0.2) is 30.4 Å². The number of nitrogens with one attached hydrogen (secondary N) is 1. The van der Waals surface area contributed by atoms with Gasteiger partial charge in [-0.25, -0.2) is 0 Å². The molecule has 0 atom stereocenters. The summed E-state index contributed by atoms with van der Waals surface area (Å²) in [5, 5.41) is 23.4. The van der Waals surface area contributed by atoms with Gasteiger partial charge in [-0.05, 0) is 48.2 Å². The molecule has 0 heterocycles. The molecule has 0 aliphatic heterocycles. The average molecular weight is 510 g/mol. The van der Waals surface area contributed by atoms with Crippen LogP contribution in [-0.2, 0) is 10.1 Å². The molecule has 0 radical (unpaired) electrons. The van der Waals surface area contributed by atoms with Crippen molar-refractivity contribution in [2.45, 2.75) is 11.8 Å². The third-order valence-electron chi connectivity index (χ3n) is 5.30. The summed E-state index contributed by atoms with van der Waals surface area (Å²) in [6.45, 7) is 1.50. The first kappa shape index (κ1) is 24.3. The number of aryl methyl sites for hydroxylation is 1. The number of hydrogen-bond donors (Lipinski definition) is 3. The Kier molecular flexibility index (Phi) is 6.83. The van der Waals surface area contributed by atoms with Crippen LogP contribution in [0.1, 0.15) is 15.9 Å². The lowest BCUT2D eigenvalue weighted by atomic mass is 10.0. The molecule has 0 spiro atoms. The van der Waals surface area contributed by atoms with E-state index < -0.39 is 20.8 Å². The number of phenols is 1. The molecule has 0 fully saturated rings. The highest BCUT2D eigenvalue weighted by Crippen LogP contribution is 2.40. The van der Waals surface area contributed by atoms with Crippen LogP contribution < -0.4 is 5.32 Å². The highest BCUT2D eigenvalue weighted by molar-refractivity contribution is 7.86. The van der Waals surface area contributed by atoms with Crippen LogP contribution in [0.15, 0.2) is 87.9 Å². The summed E-state index contributed by atoms with van der Waals surface area (Å²) in [6, 6.07) is 20.1. The summed E-state index contributed by atoms with van der Waals surface area (Å²) < 4.78 is 33.3. The van der Waals surface area contributed by atoms with E-state index in [2.05, 4.69) is 15.5 Å². The second-order valence-electron chi connectivity index (χ2n) is 7.73. The Morgan fingerprint density at radius 3 is 2.40 bits per heavy atom. The third-order valence-corrected chi connectivity index (χ3v) is 6.59. The normalized spacial score (nSPS) is 11.7. The van der Waals surface area contributed by atoms with Gasteiger partial charge in [0.2, 0.25) is 0 Å². The number of para-hydroxylation sites is 1. The van der Waals surface area contributed by atoms with Crippen LogP contribution in [0.25, 0.3) is 10.8 Å². The maximum atomic E-state index is 13.0. The molecule has 10 heteroatoms. The van der Waals surface area contributed by atoms with Crippen molar-refractivity contribution in [3.63, 3.8) is 0 Å². The van der Waals surface area contributed by atoms with Gasteiger partial charge in [-0.3, -0.25) is 9.35 Å². The van der Waals surface area contributed by atoms with Gasteiger partial charge in [0.05, 0.1) is 12.1 Å². The number of rotatable bonds is 7. The van der Waals surface area contributed by atoms with Crippen LogP contribution in [0.4, 0.5) is 17.1 Å². The van der Waals surface area contributed by atoms with Crippen LogP contribution in [0.2, 0.25) is 5.02 Å². The van der Waals surface area contributed by atoms with Crippen LogP contribution in [0, 0.1) is 6.92 Å². The van der Waals surface area contributed by atoms with E-state index in [1.165, 1.54) is 12.1 Å². The summed E-state index contributed by atoms with van der Waals surface area (Å²) in [7, 11) is -4.62. The molecule has 0 aromatic heterocycles. The van der Waals surface area contributed by atoms with Crippen molar-refractivity contribution >= 4 is 55.3 Å². The van der Waals surface area contributed by atoms with Crippen LogP contribution >= 0.6 is 11.6 Å². The molecule has 3 N–H and O–H groups in total. The predicted octanol–water partition coefficient (Wildman–Crippen LogP) is 6.46. The second-order valence-corrected chi connectivity index (χ2v) is 9.53. The smallest absolute Gasteiger partial charge is 0.296 e. The summed E-state index contributed by atoms with van der Waals surface area (Å²) in [5.41, 5.74) is 0.955. The van der Waals surface area contributed by atoms with E-state index >= 15 is 0 Å². The van der Waals surface area contributed by atoms with Crippen molar-refractivity contribution in [2.75, 3.05) is 11.9 Å². The number of benzene rings is 4. The number of azo groups is 1. The van der Waals surface area contributed by atoms with E-state index in [4.69, 9.17) is 11.6 Å². The molecule has 35 heavy (non-hydrogen) atoms. The lowest BCUT2D eigenvalue weighted by Crippen LogP contribution is -2.14. The highest BCUT2D eigenvalue weighted by atomic mass is 35.5. The van der Waals surface area contributed by atoms with Crippen molar-refractivity contribution in [1.29, 1.82) is 0 Å². The van der Waals surface area contributed by atoms with E-state index in [9.17, 15) is 22.9 Å². The molecular formula is C25H20ClN3O5S. The third kappa shape index (κ3) is 5.32. The average Bonchev–Trinajstić information content (AvgIpc) is 2.83. The Morgan fingerprint density at radius 2 is 1.69 bits per heavy atom. The topological polar surface area (TPSA) is 128 Å². The zero-order valence-corrected chi connectivity index (χ0v) is 20.0. The number of Topliss-reactive ketones (excluding diaryl/α,β-unsaturated/α-hetero) is 1. The standard InChI is InChI=1S/C25H20ClN3O5S/c1-15-11-23(35(32,33)34)21(13-20(15)26)28-29-24-18-10-6-5-7-16(18)12-19(25(24)31)22(30)14-27-17-8-3-2-4-9-17/h2-13,27,31H,14H2,1H3,(H,32,33,34). The lowest BCUT2D eigenvalue weighted by molar-refractivity contribution is 0.100. The fourth-order valence-electron chi connectivity index (χ4n) is 3.50. The number of hydrogen-bond acceptors (Lipinski definition) is 7. The summed E-state index contributed by atoms with van der Waals surface area (Å²) in [6.07, 6.45) is 0. The number of ketones is 1. The van der Waals surface area contributed by atoms with Crippen molar-refractivity contribution in [3.05, 3.63) is 88.9 Å². The molecule has 0 amide bonds. The summed E-state index contributed by atoms with van der Waals surface area (Å²) >= 11 is 6.12. The first-order valence-electron chi connectivity index (χ1n) is 10.4. The Bertz CT molecular complexity index is 1570. The van der Waals surface area contributed by atoms with E-state index in [-0.39, 0.29) is 34.3 Å². The van der Waals surface area contributed by atoms with E-state index in [0.29, 0.717) is 16.3 Å². The van der Waals surface area contributed by atoms with Crippen molar-refractivity contribution in [2.24, 2.45) is 10.2 Å². The minimum Gasteiger partial charge on any atom is -0.505 e. The molecule has 178 valence electrons. The molecule has 0 bridgehead atoms. The maximum absolute atomic E-state index is 13.0. The Balaban J connectivity index is 1.78. The Labute approximate surface area is 206 Å². The van der Waals surface area contributed by atoms with Crippen molar-refractivity contribution < 1.29 is 22.9 Å². The molecule has 0 aliphatic carbocycles. The van der Waals surface area contributed by atoms with Gasteiger partial charge in [-0.1, -0.05) is 54.1 Å². The number of fused-ring (bicyclic) bond motifs is 1. The van der Waals surface area contributed by atoms with E-state index in [1.54, 1.807) is 37.3 Å². The number of halogens is 1. The Morgan fingerprint density at radius 1 is 1.00 bits per heavy atom. The SMILES string of the molecule is Cc1cc(S(=O)(=O)O)c(N=Nc2c(O)c(C(=O)CNc3ccccc3)cc3ccccc23)cc1Cl. The Hall–Kier alpha value is -3.79. The van der Waals surface area contributed by atoms with E-state index in [1.807, 2.05) is 30.3 Å². The number of nitrogens with zero attached hydrogens (tertiary/aromatic N) is 2. The van der Waals surface area contributed by atoms with E-state index in [0.717, 1.165) is 5.69 Å². The summed E-state index contributed by atoms with van der Waals surface area (Å²) in [5.74, 6) is -0.788. The molecule has 0 saturated heterocycles. The molecule has 4 rings (SSSR count). The lowest BCUT2D eigenvalue weighted by Gasteiger charge is -2.11. The maximum Gasteiger partial charge on any atom is 0.296 e. The zero-order valence-electron chi connectivity index (χ0n) is 18.4. The van der Waals surface area contributed by atoms with Crippen molar-refractivity contribution in [1.82, 2.24) is 0 Å². The minimum absolute atomic E-state index is 0.0239.